The molecule has 0 atom stereocenters. The van der Waals surface area contributed by atoms with Gasteiger partial charge in [0.25, 0.3) is 0 Å². The smallest absolute Gasteiger partial charge is 0.360 e. The zero-order valence-corrected chi connectivity index (χ0v) is 9.32. The Kier molecular flexibility index (Phi) is 2.82. The third-order valence-electron chi connectivity index (χ3n) is 2.05. The third-order valence-corrected chi connectivity index (χ3v) is 2.58. The molecular weight excluding hydrogens is 226 g/mol. The van der Waals surface area contributed by atoms with Gasteiger partial charge in [0.15, 0.2) is 5.69 Å². The first-order valence-corrected chi connectivity index (χ1v) is 5.22. The molecule has 1 heterocycles. The van der Waals surface area contributed by atoms with Crippen LogP contribution in [-0.4, -0.2) is 21.8 Å². The Morgan fingerprint density at radius 2 is 2.00 bits per heavy atom. The number of hydrogen-bond acceptors (Lipinski definition) is 6. The predicted molar refractivity (Wildman–Crippen MR) is 61.1 cm³/mol. The third kappa shape index (κ3) is 1.87. The molecular formula is C10H9N3O2S. The molecule has 82 valence electrons. The maximum atomic E-state index is 11.4. The number of nitrogens with two attached hydrogens (primary N) is 1. The minimum Gasteiger partial charge on any atom is -0.464 e. The van der Waals surface area contributed by atoms with Crippen LogP contribution in [0.4, 0.5) is 5.69 Å². The second-order valence-electron chi connectivity index (χ2n) is 3.08. The summed E-state index contributed by atoms with van der Waals surface area (Å²) in [4.78, 5) is 11.4. The van der Waals surface area contributed by atoms with E-state index in [1.807, 2.05) is 0 Å². The molecule has 0 aliphatic heterocycles. The Balaban J connectivity index is 2.44. The molecule has 0 aliphatic carbocycles. The van der Waals surface area contributed by atoms with Crippen LogP contribution in [0, 0.1) is 0 Å². The highest BCUT2D eigenvalue weighted by molar-refractivity contribution is 6.99. The average molecular weight is 235 g/mol. The van der Waals surface area contributed by atoms with Gasteiger partial charge in [-0.15, -0.1) is 0 Å². The van der Waals surface area contributed by atoms with Crippen molar-refractivity contribution >= 4 is 23.4 Å². The first-order valence-electron chi connectivity index (χ1n) is 4.49. The maximum absolute atomic E-state index is 11.4. The van der Waals surface area contributed by atoms with E-state index in [2.05, 4.69) is 13.5 Å². The van der Waals surface area contributed by atoms with E-state index in [0.717, 1.165) is 17.3 Å². The number of ether oxygens (including phenoxy) is 1. The van der Waals surface area contributed by atoms with Gasteiger partial charge in [0.2, 0.25) is 0 Å². The Labute approximate surface area is 96.2 Å². The Bertz CT molecular complexity index is 507. The highest BCUT2D eigenvalue weighted by Gasteiger charge is 2.18. The van der Waals surface area contributed by atoms with Gasteiger partial charge in [-0.3, -0.25) is 0 Å². The zero-order chi connectivity index (χ0) is 11.5. The van der Waals surface area contributed by atoms with Gasteiger partial charge in [0.1, 0.15) is 5.69 Å². The molecule has 0 saturated carbocycles. The molecule has 1 aromatic carbocycles. The molecule has 1 aromatic heterocycles. The second-order valence-corrected chi connectivity index (χ2v) is 3.60. The molecule has 0 bridgehead atoms. The Morgan fingerprint density at radius 1 is 1.31 bits per heavy atom. The number of methoxy groups -OCH3 is 1. The lowest BCUT2D eigenvalue weighted by Crippen LogP contribution is -2.03. The number of carbonyl (C=O) groups excluding carboxylic acids is 1. The van der Waals surface area contributed by atoms with Crippen molar-refractivity contribution < 1.29 is 9.53 Å². The number of benzene rings is 1. The van der Waals surface area contributed by atoms with E-state index >= 15 is 0 Å². The molecule has 0 spiro atoms. The molecule has 0 amide bonds. The molecule has 0 saturated heterocycles. The van der Waals surface area contributed by atoms with Crippen LogP contribution in [0.5, 0.6) is 0 Å². The van der Waals surface area contributed by atoms with Crippen molar-refractivity contribution in [2.24, 2.45) is 0 Å². The van der Waals surface area contributed by atoms with Gasteiger partial charge in [0, 0.05) is 11.3 Å². The van der Waals surface area contributed by atoms with E-state index in [0.29, 0.717) is 11.4 Å². The Morgan fingerprint density at radius 3 is 2.62 bits per heavy atom. The van der Waals surface area contributed by atoms with Crippen LogP contribution in [0.1, 0.15) is 10.5 Å². The highest BCUT2D eigenvalue weighted by Crippen LogP contribution is 2.23. The number of hydrogen-bond donors (Lipinski definition) is 1. The van der Waals surface area contributed by atoms with Gasteiger partial charge >= 0.3 is 5.97 Å². The fourth-order valence-electron chi connectivity index (χ4n) is 1.25. The number of rotatable bonds is 2. The van der Waals surface area contributed by atoms with Crippen molar-refractivity contribution in [1.82, 2.24) is 8.75 Å². The monoisotopic (exact) mass is 235 g/mol. The van der Waals surface area contributed by atoms with Crippen LogP contribution < -0.4 is 5.73 Å². The number of nitrogen functional groups attached to an aromatic ring is 1. The van der Waals surface area contributed by atoms with Crippen molar-refractivity contribution in [1.29, 1.82) is 0 Å². The fourth-order valence-corrected chi connectivity index (χ4v) is 1.81. The summed E-state index contributed by atoms with van der Waals surface area (Å²) in [7, 11) is 1.31. The van der Waals surface area contributed by atoms with Gasteiger partial charge in [-0.25, -0.2) is 4.79 Å². The fraction of sp³-hybridized carbons (Fsp3) is 0.100. The topological polar surface area (TPSA) is 78.1 Å². The Hall–Kier alpha value is -1.95. The van der Waals surface area contributed by atoms with E-state index in [1.165, 1.54) is 7.11 Å². The van der Waals surface area contributed by atoms with Gasteiger partial charge < -0.3 is 10.5 Å². The lowest BCUT2D eigenvalue weighted by molar-refractivity contribution is 0.0596. The summed E-state index contributed by atoms with van der Waals surface area (Å²) < 4.78 is 12.6. The summed E-state index contributed by atoms with van der Waals surface area (Å²) in [6.45, 7) is 0. The second kappa shape index (κ2) is 4.28. The minimum atomic E-state index is -0.486. The van der Waals surface area contributed by atoms with E-state index in [9.17, 15) is 4.79 Å². The molecule has 5 nitrogen and oxygen atoms in total. The number of nitrogens with zero attached hydrogens (tertiary/aromatic N) is 2. The summed E-state index contributed by atoms with van der Waals surface area (Å²) in [6, 6.07) is 7.07. The molecule has 0 fully saturated rings. The van der Waals surface area contributed by atoms with Crippen molar-refractivity contribution in [3.05, 3.63) is 30.0 Å². The molecule has 0 unspecified atom stereocenters. The number of carbonyl (C=O) groups is 1. The van der Waals surface area contributed by atoms with Gasteiger partial charge in [0.05, 0.1) is 18.8 Å². The van der Waals surface area contributed by atoms with Crippen molar-refractivity contribution in [2.45, 2.75) is 0 Å². The van der Waals surface area contributed by atoms with E-state index < -0.39 is 5.97 Å². The average Bonchev–Trinajstić information content (AvgIpc) is 2.78. The summed E-state index contributed by atoms with van der Waals surface area (Å²) in [6.07, 6.45) is 0. The van der Waals surface area contributed by atoms with Crippen LogP contribution in [0.2, 0.25) is 0 Å². The van der Waals surface area contributed by atoms with Crippen LogP contribution in [-0.2, 0) is 4.74 Å². The first-order chi connectivity index (χ1) is 7.72. The van der Waals surface area contributed by atoms with E-state index in [1.54, 1.807) is 24.3 Å². The summed E-state index contributed by atoms with van der Waals surface area (Å²) in [5.41, 5.74) is 7.79. The van der Waals surface area contributed by atoms with E-state index in [4.69, 9.17) is 5.73 Å². The lowest BCUT2D eigenvalue weighted by Gasteiger charge is -2.00. The SMILES string of the molecule is COC(=O)c1nsnc1-c1ccc(N)cc1. The molecule has 2 aromatic rings. The predicted octanol–water partition coefficient (Wildman–Crippen LogP) is 1.57. The van der Waals surface area contributed by atoms with Crippen LogP contribution in [0.15, 0.2) is 24.3 Å². The quantitative estimate of drug-likeness (QED) is 0.631. The van der Waals surface area contributed by atoms with Gasteiger partial charge in [-0.2, -0.15) is 8.75 Å². The van der Waals surface area contributed by atoms with Crippen LogP contribution >= 0.6 is 11.7 Å². The number of esters is 1. The zero-order valence-electron chi connectivity index (χ0n) is 8.51. The minimum absolute atomic E-state index is 0.234. The van der Waals surface area contributed by atoms with Gasteiger partial charge in [-0.1, -0.05) is 12.1 Å². The lowest BCUT2D eigenvalue weighted by atomic mass is 10.1. The molecule has 2 N–H and O–H groups in total. The molecule has 2 rings (SSSR count). The van der Waals surface area contributed by atoms with E-state index in [-0.39, 0.29) is 5.69 Å². The number of anilines is 1. The molecule has 0 radical (unpaired) electrons. The van der Waals surface area contributed by atoms with Gasteiger partial charge in [-0.05, 0) is 12.1 Å². The summed E-state index contributed by atoms with van der Waals surface area (Å²) in [5.74, 6) is -0.486. The summed E-state index contributed by atoms with van der Waals surface area (Å²) >= 11 is 0.977. The molecule has 6 heteroatoms. The van der Waals surface area contributed by atoms with Crippen LogP contribution in [0.25, 0.3) is 11.3 Å². The largest absolute Gasteiger partial charge is 0.464 e. The summed E-state index contributed by atoms with van der Waals surface area (Å²) in [5, 5.41) is 0. The standard InChI is InChI=1S/C10H9N3O2S/c1-15-10(14)9-8(12-16-13-9)6-2-4-7(11)5-3-6/h2-5H,11H2,1H3. The van der Waals surface area contributed by atoms with Crippen molar-refractivity contribution in [2.75, 3.05) is 12.8 Å². The maximum Gasteiger partial charge on any atom is 0.360 e. The molecule has 16 heavy (non-hydrogen) atoms. The first kappa shape index (κ1) is 10.6. The normalized spacial score (nSPS) is 10.1. The van der Waals surface area contributed by atoms with Crippen molar-refractivity contribution in [3.63, 3.8) is 0 Å². The van der Waals surface area contributed by atoms with Crippen LogP contribution in [0.3, 0.4) is 0 Å². The number of aromatic nitrogens is 2. The van der Waals surface area contributed by atoms with Crippen molar-refractivity contribution in [3.8, 4) is 11.3 Å². The highest BCUT2D eigenvalue weighted by atomic mass is 32.1. The molecule has 0 aliphatic rings.